The Kier molecular flexibility index (Phi) is 6.28. The molecule has 172 valence electrons. The topological polar surface area (TPSA) is 49.8 Å². The number of halogens is 3. The molecule has 0 amide bonds. The van der Waals surface area contributed by atoms with Crippen molar-refractivity contribution in [1.29, 1.82) is 0 Å². The van der Waals surface area contributed by atoms with Crippen molar-refractivity contribution in [2.24, 2.45) is 5.92 Å². The average molecular weight is 458 g/mol. The smallest absolute Gasteiger partial charge is 0.504 e. The molecule has 1 aromatic carbocycles. The van der Waals surface area contributed by atoms with E-state index >= 15 is 0 Å². The molecule has 0 radical (unpaired) electrons. The van der Waals surface area contributed by atoms with Crippen LogP contribution in [0, 0.1) is 5.92 Å². The molecular weight excluding hydrogens is 427 g/mol. The van der Waals surface area contributed by atoms with Crippen molar-refractivity contribution >= 4 is 15.4 Å². The van der Waals surface area contributed by atoms with Crippen LogP contribution < -0.4 is 4.74 Å². The molecule has 8 heteroatoms. The standard InChI is InChI=1S/C23H30F3NO3S/c1-15-10-18(31(4,5)29)12-17-13-27(14-19(15)17)22(2,3)9-8-16-6-7-20(28)21(11-16)30-23(24,25)26/h6-7,11-12,15,28H,4,8-10,13-14H2,1-3,5H3. The largest absolute Gasteiger partial charge is 0.573 e. The lowest BCUT2D eigenvalue weighted by molar-refractivity contribution is -0.275. The predicted octanol–water partition coefficient (Wildman–Crippen LogP) is 4.88. The summed E-state index contributed by atoms with van der Waals surface area (Å²) in [6, 6.07) is 4.09. The molecule has 4 nitrogen and oxygen atoms in total. The number of phenols is 1. The van der Waals surface area contributed by atoms with Crippen molar-refractivity contribution in [1.82, 2.24) is 4.90 Å². The lowest BCUT2D eigenvalue weighted by atomic mass is 9.90. The van der Waals surface area contributed by atoms with E-state index in [9.17, 15) is 22.5 Å². The van der Waals surface area contributed by atoms with Gasteiger partial charge >= 0.3 is 6.36 Å². The van der Waals surface area contributed by atoms with Gasteiger partial charge in [-0.15, -0.1) is 13.2 Å². The van der Waals surface area contributed by atoms with Gasteiger partial charge in [0.05, 0.1) is 0 Å². The number of aryl methyl sites for hydroxylation is 1. The minimum absolute atomic E-state index is 0.202. The first-order chi connectivity index (χ1) is 14.2. The van der Waals surface area contributed by atoms with Gasteiger partial charge in [-0.3, -0.25) is 9.11 Å². The van der Waals surface area contributed by atoms with Crippen LogP contribution in [-0.4, -0.2) is 51.3 Å². The number of ether oxygens (including phenoxy) is 1. The summed E-state index contributed by atoms with van der Waals surface area (Å²) in [4.78, 5) is 3.28. The fourth-order valence-electron chi connectivity index (χ4n) is 4.22. The van der Waals surface area contributed by atoms with Crippen molar-refractivity contribution in [2.75, 3.05) is 19.3 Å². The van der Waals surface area contributed by atoms with Gasteiger partial charge in [-0.05, 0) is 89.3 Å². The Labute approximate surface area is 182 Å². The van der Waals surface area contributed by atoms with Crippen LogP contribution in [-0.2, 0) is 15.9 Å². The number of phenolic OH excluding ortho intramolecular Hbond substituents is 1. The van der Waals surface area contributed by atoms with E-state index in [2.05, 4.69) is 42.4 Å². The van der Waals surface area contributed by atoms with Gasteiger partial charge in [-0.25, -0.2) is 0 Å². The van der Waals surface area contributed by atoms with E-state index in [1.807, 2.05) is 0 Å². The Balaban J connectivity index is 1.69. The minimum atomic E-state index is -4.85. The zero-order valence-corrected chi connectivity index (χ0v) is 19.2. The molecule has 0 fully saturated rings. The number of rotatable bonds is 6. The fraction of sp³-hybridized carbons (Fsp3) is 0.522. The summed E-state index contributed by atoms with van der Waals surface area (Å²) in [5, 5.41) is 9.65. The second kappa shape index (κ2) is 8.20. The monoisotopic (exact) mass is 457 g/mol. The molecule has 2 atom stereocenters. The number of allylic oxidation sites excluding steroid dienone is 1. The molecule has 1 N–H and O–H groups in total. The van der Waals surface area contributed by atoms with Gasteiger partial charge < -0.3 is 9.84 Å². The summed E-state index contributed by atoms with van der Waals surface area (Å²) in [5.41, 5.74) is 3.04. The van der Waals surface area contributed by atoms with Crippen LogP contribution in [0.3, 0.4) is 0 Å². The minimum Gasteiger partial charge on any atom is -0.504 e. The first kappa shape index (κ1) is 23.7. The number of benzene rings is 1. The first-order valence-corrected chi connectivity index (χ1v) is 12.4. The maximum atomic E-state index is 12.5. The number of hydrogen-bond donors (Lipinski definition) is 1. The normalized spacial score (nSPS) is 22.2. The summed E-state index contributed by atoms with van der Waals surface area (Å²) in [7, 11) is -2.22. The van der Waals surface area contributed by atoms with Crippen molar-refractivity contribution in [3.05, 3.63) is 45.9 Å². The lowest BCUT2D eigenvalue weighted by Crippen LogP contribution is -2.43. The van der Waals surface area contributed by atoms with Crippen LogP contribution in [0.25, 0.3) is 0 Å². The highest BCUT2D eigenvalue weighted by molar-refractivity contribution is 8.03. The molecule has 0 bridgehead atoms. The van der Waals surface area contributed by atoms with Crippen LogP contribution in [0.4, 0.5) is 13.2 Å². The second-order valence-corrected chi connectivity index (χ2v) is 11.8. The van der Waals surface area contributed by atoms with Gasteiger partial charge in [0.1, 0.15) is 0 Å². The molecule has 1 heterocycles. The number of hydrogen-bond acceptors (Lipinski definition) is 4. The highest BCUT2D eigenvalue weighted by atomic mass is 32.2. The van der Waals surface area contributed by atoms with Crippen LogP contribution in [0.2, 0.25) is 0 Å². The van der Waals surface area contributed by atoms with Gasteiger partial charge in [-0.1, -0.05) is 13.0 Å². The molecule has 2 aliphatic rings. The van der Waals surface area contributed by atoms with Crippen LogP contribution in [0.1, 0.15) is 39.2 Å². The van der Waals surface area contributed by atoms with E-state index in [4.69, 9.17) is 0 Å². The van der Waals surface area contributed by atoms with E-state index < -0.39 is 27.4 Å². The quantitative estimate of drug-likeness (QED) is 0.619. The van der Waals surface area contributed by atoms with Crippen molar-refractivity contribution in [2.45, 2.75) is 51.9 Å². The van der Waals surface area contributed by atoms with Crippen molar-refractivity contribution in [3.8, 4) is 11.5 Å². The molecule has 0 aromatic heterocycles. The predicted molar refractivity (Wildman–Crippen MR) is 119 cm³/mol. The molecule has 31 heavy (non-hydrogen) atoms. The summed E-state index contributed by atoms with van der Waals surface area (Å²) >= 11 is 0. The third-order valence-electron chi connectivity index (χ3n) is 6.26. The Morgan fingerprint density at radius 2 is 1.97 bits per heavy atom. The number of nitrogens with zero attached hydrogens (tertiary/aromatic N) is 1. The van der Waals surface area contributed by atoms with E-state index in [-0.39, 0.29) is 5.54 Å². The average Bonchev–Trinajstić information content (AvgIpc) is 3.06. The van der Waals surface area contributed by atoms with E-state index in [0.717, 1.165) is 24.4 Å². The van der Waals surface area contributed by atoms with Crippen molar-refractivity contribution < 1.29 is 27.2 Å². The van der Waals surface area contributed by atoms with Crippen LogP contribution >= 0.6 is 0 Å². The molecule has 3 rings (SSSR count). The van der Waals surface area contributed by atoms with Crippen LogP contribution in [0.5, 0.6) is 11.5 Å². The zero-order valence-electron chi connectivity index (χ0n) is 18.4. The van der Waals surface area contributed by atoms with Gasteiger partial charge in [0.15, 0.2) is 11.5 Å². The first-order valence-electron chi connectivity index (χ1n) is 10.2. The maximum absolute atomic E-state index is 12.5. The van der Waals surface area contributed by atoms with Crippen LogP contribution in [0.15, 0.2) is 40.3 Å². The number of alkyl halides is 3. The summed E-state index contributed by atoms with van der Waals surface area (Å²) in [6.07, 6.45) is 0.912. The van der Waals surface area contributed by atoms with Crippen molar-refractivity contribution in [3.63, 3.8) is 0 Å². The van der Waals surface area contributed by atoms with Gasteiger partial charge in [0.2, 0.25) is 0 Å². The third-order valence-corrected chi connectivity index (χ3v) is 7.65. The van der Waals surface area contributed by atoms with Gasteiger partial charge in [0.25, 0.3) is 0 Å². The fourth-order valence-corrected chi connectivity index (χ4v) is 5.21. The maximum Gasteiger partial charge on any atom is 0.573 e. The molecular formula is C23H30F3NO3S. The highest BCUT2D eigenvalue weighted by Crippen LogP contribution is 2.39. The Morgan fingerprint density at radius 3 is 2.58 bits per heavy atom. The number of aromatic hydroxyl groups is 1. The van der Waals surface area contributed by atoms with E-state index in [1.165, 1.54) is 23.3 Å². The summed E-state index contributed by atoms with van der Waals surface area (Å²) in [6.45, 7) is 7.98. The molecule has 2 unspecified atom stereocenters. The molecule has 1 aliphatic carbocycles. The van der Waals surface area contributed by atoms with E-state index in [0.29, 0.717) is 24.3 Å². The highest BCUT2D eigenvalue weighted by Gasteiger charge is 2.36. The van der Waals surface area contributed by atoms with Gasteiger partial charge in [0, 0.05) is 29.8 Å². The van der Waals surface area contributed by atoms with Gasteiger partial charge in [-0.2, -0.15) is 0 Å². The molecule has 0 saturated carbocycles. The Bertz CT molecular complexity index is 1020. The molecule has 0 saturated heterocycles. The summed E-state index contributed by atoms with van der Waals surface area (Å²) < 4.78 is 54.0. The Hall–Kier alpha value is -1.93. The zero-order chi connectivity index (χ0) is 23.2. The van der Waals surface area contributed by atoms with E-state index in [1.54, 1.807) is 12.3 Å². The molecule has 0 spiro atoms. The SMILES string of the molecule is C=S(C)(=O)C1=CC2=C(CN(C(C)(C)CCc3ccc(O)c(OC(F)(F)F)c3)C2)C(C)C1. The lowest BCUT2D eigenvalue weighted by Gasteiger charge is -2.36. The third kappa shape index (κ3) is 5.66. The summed E-state index contributed by atoms with van der Waals surface area (Å²) in [5.74, 6) is 3.04. The second-order valence-electron chi connectivity index (χ2n) is 9.29. The molecule has 1 aliphatic heterocycles. The molecule has 1 aromatic rings. The Morgan fingerprint density at radius 1 is 1.29 bits per heavy atom.